The molecule has 1 aromatic rings. The summed E-state index contributed by atoms with van der Waals surface area (Å²) in [6.07, 6.45) is -5.49. The van der Waals surface area contributed by atoms with Crippen LogP contribution in [0.4, 0.5) is 0 Å². The Hall–Kier alpha value is -4.00. The molecule has 0 radical (unpaired) electrons. The van der Waals surface area contributed by atoms with E-state index in [-0.39, 0.29) is 0 Å². The van der Waals surface area contributed by atoms with Crippen LogP contribution in [0.1, 0.15) is 38.1 Å². The molecule has 0 bridgehead atoms. The van der Waals surface area contributed by atoms with Crippen LogP contribution in [0.5, 0.6) is 0 Å². The van der Waals surface area contributed by atoms with Gasteiger partial charge in [0.05, 0.1) is 0 Å². The lowest BCUT2D eigenvalue weighted by Crippen LogP contribution is -2.67. The van der Waals surface area contributed by atoms with Crippen molar-refractivity contribution in [2.75, 3.05) is 13.2 Å². The predicted octanol–water partition coefficient (Wildman–Crippen LogP) is -0.384. The summed E-state index contributed by atoms with van der Waals surface area (Å²) < 4.78 is 26.6. The minimum absolute atomic E-state index is 0.316. The Morgan fingerprint density at radius 1 is 0.833 bits per heavy atom. The molecule has 5 atom stereocenters. The van der Waals surface area contributed by atoms with Gasteiger partial charge in [-0.05, 0) is 12.1 Å². The Morgan fingerprint density at radius 2 is 1.44 bits per heavy atom. The molecule has 2 amide bonds. The summed E-state index contributed by atoms with van der Waals surface area (Å²) in [5.74, 6) is -4.31. The first-order valence-electron chi connectivity index (χ1n) is 10.9. The van der Waals surface area contributed by atoms with Gasteiger partial charge in [-0.25, -0.2) is 0 Å². The zero-order valence-corrected chi connectivity index (χ0v) is 20.2. The van der Waals surface area contributed by atoms with E-state index in [1.807, 2.05) is 0 Å². The number of carbonyl (C=O) groups is 6. The zero-order valence-electron chi connectivity index (χ0n) is 20.2. The molecule has 13 heteroatoms. The van der Waals surface area contributed by atoms with E-state index in [9.17, 15) is 28.8 Å². The van der Waals surface area contributed by atoms with Gasteiger partial charge in [-0.1, -0.05) is 18.2 Å². The second kappa shape index (κ2) is 13.2. The van der Waals surface area contributed by atoms with Crippen LogP contribution in [0.25, 0.3) is 0 Å². The van der Waals surface area contributed by atoms with Crippen molar-refractivity contribution in [1.82, 2.24) is 10.6 Å². The summed E-state index contributed by atoms with van der Waals surface area (Å²) in [5, 5.41) is 4.86. The van der Waals surface area contributed by atoms with Gasteiger partial charge >= 0.3 is 23.9 Å². The Morgan fingerprint density at radius 3 is 2.00 bits per heavy atom. The molecule has 13 nitrogen and oxygen atoms in total. The fourth-order valence-corrected chi connectivity index (χ4v) is 3.41. The smallest absolute Gasteiger partial charge is 0.327 e. The normalized spacial score (nSPS) is 22.9. The van der Waals surface area contributed by atoms with Crippen molar-refractivity contribution in [2.24, 2.45) is 0 Å². The Balaban J connectivity index is 2.26. The van der Waals surface area contributed by atoms with Crippen molar-refractivity contribution in [3.8, 4) is 0 Å². The summed E-state index contributed by atoms with van der Waals surface area (Å²) in [7, 11) is 0. The molecule has 0 spiro atoms. The largest absolute Gasteiger partial charge is 0.463 e. The van der Waals surface area contributed by atoms with Crippen LogP contribution >= 0.6 is 0 Å². The minimum atomic E-state index is -1.56. The van der Waals surface area contributed by atoms with Gasteiger partial charge in [0.25, 0.3) is 5.91 Å². The molecule has 0 aliphatic carbocycles. The molecule has 2 rings (SSSR count). The molecular weight excluding hydrogens is 480 g/mol. The van der Waals surface area contributed by atoms with E-state index in [0.29, 0.717) is 5.56 Å². The quantitative estimate of drug-likeness (QED) is 0.329. The number of benzene rings is 1. The third kappa shape index (κ3) is 8.65. The highest BCUT2D eigenvalue weighted by Crippen LogP contribution is 2.28. The molecular formula is C23H28N2O11. The summed E-state index contributed by atoms with van der Waals surface area (Å²) >= 11 is 0. The Bertz CT molecular complexity index is 982. The molecule has 196 valence electrons. The number of ether oxygens (including phenoxy) is 5. The van der Waals surface area contributed by atoms with Crippen LogP contribution in [0.15, 0.2) is 30.3 Å². The second-order valence-corrected chi connectivity index (χ2v) is 7.76. The average Bonchev–Trinajstić information content (AvgIpc) is 2.79. The Labute approximate surface area is 206 Å². The van der Waals surface area contributed by atoms with Crippen LogP contribution in [0.2, 0.25) is 0 Å². The SMILES string of the molecule is CC(=O)NC1C(OC(=O)CNC(=O)c2ccccc2)OC(COC(C)=O)C(OC(C)=O)C1OC(C)=O. The highest BCUT2D eigenvalue weighted by Gasteiger charge is 2.52. The molecule has 0 aromatic heterocycles. The third-order valence-corrected chi connectivity index (χ3v) is 4.75. The number of nitrogens with one attached hydrogen (secondary N) is 2. The number of rotatable bonds is 9. The molecule has 5 unspecified atom stereocenters. The maximum absolute atomic E-state index is 12.5. The van der Waals surface area contributed by atoms with E-state index < -0.39 is 79.5 Å². The molecule has 1 aliphatic heterocycles. The van der Waals surface area contributed by atoms with Crippen LogP contribution in [0, 0.1) is 0 Å². The number of esters is 4. The first kappa shape index (κ1) is 28.2. The fraction of sp³-hybridized carbons (Fsp3) is 0.478. The number of amides is 2. The van der Waals surface area contributed by atoms with Gasteiger partial charge in [-0.15, -0.1) is 0 Å². The van der Waals surface area contributed by atoms with Gasteiger partial charge in [-0.3, -0.25) is 28.8 Å². The first-order chi connectivity index (χ1) is 17.0. The predicted molar refractivity (Wildman–Crippen MR) is 119 cm³/mol. The standard InChI is InChI=1S/C23H28N2O11/c1-12(26)25-19-21(34-15(4)29)20(33-14(3)28)17(11-32-13(2)27)35-23(19)36-18(30)10-24-22(31)16-8-6-5-7-9-16/h5-9,17,19-21,23H,10-11H2,1-4H3,(H,24,31)(H,25,26). The maximum atomic E-state index is 12.5. The van der Waals surface area contributed by atoms with E-state index in [1.54, 1.807) is 30.3 Å². The topological polar surface area (TPSA) is 173 Å². The second-order valence-electron chi connectivity index (χ2n) is 7.76. The van der Waals surface area contributed by atoms with E-state index in [4.69, 9.17) is 23.7 Å². The van der Waals surface area contributed by atoms with Crippen LogP contribution in [-0.2, 0) is 47.7 Å². The number of carbonyl (C=O) groups excluding carboxylic acids is 6. The molecule has 1 aliphatic rings. The highest BCUT2D eigenvalue weighted by atomic mass is 16.7. The first-order valence-corrected chi connectivity index (χ1v) is 10.9. The van der Waals surface area contributed by atoms with Crippen LogP contribution in [-0.4, -0.2) is 79.5 Å². The molecule has 2 N–H and O–H groups in total. The van der Waals surface area contributed by atoms with Gasteiger partial charge in [0.1, 0.15) is 25.3 Å². The summed E-state index contributed by atoms with van der Waals surface area (Å²) in [5.41, 5.74) is 0.316. The van der Waals surface area contributed by atoms with Gasteiger partial charge < -0.3 is 34.3 Å². The lowest BCUT2D eigenvalue weighted by Gasteiger charge is -2.44. The van der Waals surface area contributed by atoms with Gasteiger partial charge in [0.2, 0.25) is 12.2 Å². The zero-order chi connectivity index (χ0) is 26.8. The monoisotopic (exact) mass is 508 g/mol. The van der Waals surface area contributed by atoms with Crippen molar-refractivity contribution in [3.63, 3.8) is 0 Å². The summed E-state index contributed by atoms with van der Waals surface area (Å²) in [4.78, 5) is 71.6. The van der Waals surface area contributed by atoms with Crippen molar-refractivity contribution in [2.45, 2.75) is 58.3 Å². The van der Waals surface area contributed by atoms with E-state index >= 15 is 0 Å². The van der Waals surface area contributed by atoms with Crippen molar-refractivity contribution in [1.29, 1.82) is 0 Å². The molecule has 1 aromatic carbocycles. The summed E-state index contributed by atoms with van der Waals surface area (Å²) in [6, 6.07) is 6.82. The lowest BCUT2D eigenvalue weighted by atomic mass is 9.96. The van der Waals surface area contributed by atoms with E-state index in [1.165, 1.54) is 0 Å². The maximum Gasteiger partial charge on any atom is 0.327 e. The van der Waals surface area contributed by atoms with Crippen LogP contribution in [0.3, 0.4) is 0 Å². The molecule has 1 fully saturated rings. The molecule has 1 heterocycles. The van der Waals surface area contributed by atoms with Crippen molar-refractivity contribution in [3.05, 3.63) is 35.9 Å². The molecule has 1 saturated heterocycles. The van der Waals surface area contributed by atoms with Gasteiger partial charge in [0, 0.05) is 33.3 Å². The highest BCUT2D eigenvalue weighted by molar-refractivity contribution is 5.95. The minimum Gasteiger partial charge on any atom is -0.463 e. The van der Waals surface area contributed by atoms with Crippen molar-refractivity contribution >= 4 is 35.7 Å². The fourth-order valence-electron chi connectivity index (χ4n) is 3.41. The number of hydrogen-bond donors (Lipinski definition) is 2. The van der Waals surface area contributed by atoms with Crippen LogP contribution < -0.4 is 10.6 Å². The average molecular weight is 508 g/mol. The number of hydrogen-bond acceptors (Lipinski definition) is 11. The molecule has 36 heavy (non-hydrogen) atoms. The third-order valence-electron chi connectivity index (χ3n) is 4.75. The Kier molecular flexibility index (Phi) is 10.3. The van der Waals surface area contributed by atoms with Crippen molar-refractivity contribution < 1.29 is 52.5 Å². The van der Waals surface area contributed by atoms with E-state index in [2.05, 4.69) is 10.6 Å². The lowest BCUT2D eigenvalue weighted by molar-refractivity contribution is -0.271. The van der Waals surface area contributed by atoms with E-state index in [0.717, 1.165) is 27.7 Å². The summed E-state index contributed by atoms with van der Waals surface area (Å²) in [6.45, 7) is 3.49. The van der Waals surface area contributed by atoms with Gasteiger partial charge in [0.15, 0.2) is 12.2 Å². The molecule has 0 saturated carbocycles. The van der Waals surface area contributed by atoms with Gasteiger partial charge in [-0.2, -0.15) is 0 Å².